The SMILES string of the molecule is Cc1cc(C)n(CC(=O)NNC(=O)CSc2ccc(Cl)cc2)n1. The Morgan fingerprint density at radius 1 is 1.17 bits per heavy atom. The maximum absolute atomic E-state index is 11.8. The van der Waals surface area contributed by atoms with Gasteiger partial charge in [0.1, 0.15) is 6.54 Å². The Hall–Kier alpha value is -1.99. The molecule has 0 spiro atoms. The topological polar surface area (TPSA) is 76.0 Å². The highest BCUT2D eigenvalue weighted by Crippen LogP contribution is 2.19. The van der Waals surface area contributed by atoms with Gasteiger partial charge in [-0.15, -0.1) is 11.8 Å². The summed E-state index contributed by atoms with van der Waals surface area (Å²) in [5, 5.41) is 4.84. The fraction of sp³-hybridized carbons (Fsp3) is 0.267. The summed E-state index contributed by atoms with van der Waals surface area (Å²) in [6.07, 6.45) is 0. The van der Waals surface area contributed by atoms with E-state index in [1.54, 1.807) is 16.8 Å². The first-order valence-corrected chi connectivity index (χ1v) is 8.27. The molecule has 1 heterocycles. The Labute approximate surface area is 143 Å². The first kappa shape index (κ1) is 17.4. The van der Waals surface area contributed by atoms with Crippen LogP contribution < -0.4 is 10.9 Å². The summed E-state index contributed by atoms with van der Waals surface area (Å²) in [6, 6.07) is 9.08. The Bertz CT molecular complexity index is 700. The van der Waals surface area contributed by atoms with Crippen molar-refractivity contribution in [1.29, 1.82) is 0 Å². The van der Waals surface area contributed by atoms with E-state index in [2.05, 4.69) is 16.0 Å². The molecule has 0 unspecified atom stereocenters. The van der Waals surface area contributed by atoms with Gasteiger partial charge in [-0.1, -0.05) is 11.6 Å². The van der Waals surface area contributed by atoms with Gasteiger partial charge in [-0.25, -0.2) is 0 Å². The van der Waals surface area contributed by atoms with Crippen molar-refractivity contribution >= 4 is 35.2 Å². The highest BCUT2D eigenvalue weighted by molar-refractivity contribution is 8.00. The van der Waals surface area contributed by atoms with Gasteiger partial charge >= 0.3 is 0 Å². The summed E-state index contributed by atoms with van der Waals surface area (Å²) in [5.41, 5.74) is 6.50. The number of hydrogen-bond acceptors (Lipinski definition) is 4. The lowest BCUT2D eigenvalue weighted by Gasteiger charge is -2.08. The largest absolute Gasteiger partial charge is 0.272 e. The predicted octanol–water partition coefficient (Wildman–Crippen LogP) is 2.09. The number of thioether (sulfide) groups is 1. The molecule has 2 N–H and O–H groups in total. The third-order valence-corrected chi connectivity index (χ3v) is 4.19. The highest BCUT2D eigenvalue weighted by Gasteiger charge is 2.08. The zero-order valence-corrected chi connectivity index (χ0v) is 14.4. The van der Waals surface area contributed by atoms with E-state index in [1.807, 2.05) is 32.0 Å². The Morgan fingerprint density at radius 3 is 2.43 bits per heavy atom. The van der Waals surface area contributed by atoms with Crippen molar-refractivity contribution in [2.24, 2.45) is 0 Å². The molecule has 0 aliphatic rings. The molecule has 0 saturated heterocycles. The molecule has 8 heteroatoms. The molecule has 0 aliphatic carbocycles. The molecule has 2 amide bonds. The van der Waals surface area contributed by atoms with Gasteiger partial charge in [-0.2, -0.15) is 5.10 Å². The van der Waals surface area contributed by atoms with Crippen molar-refractivity contribution in [3.05, 3.63) is 46.7 Å². The molecule has 0 fully saturated rings. The van der Waals surface area contributed by atoms with Crippen molar-refractivity contribution in [2.45, 2.75) is 25.3 Å². The second-order valence-corrected chi connectivity index (χ2v) is 6.41. The highest BCUT2D eigenvalue weighted by atomic mass is 35.5. The monoisotopic (exact) mass is 352 g/mol. The number of hydrazine groups is 1. The second-order valence-electron chi connectivity index (χ2n) is 4.92. The quantitative estimate of drug-likeness (QED) is 0.638. The summed E-state index contributed by atoms with van der Waals surface area (Å²) in [6.45, 7) is 3.79. The van der Waals surface area contributed by atoms with Gasteiger partial charge in [0, 0.05) is 15.6 Å². The summed E-state index contributed by atoms with van der Waals surface area (Å²) in [5.74, 6) is -0.422. The Morgan fingerprint density at radius 2 is 1.83 bits per heavy atom. The fourth-order valence-electron chi connectivity index (χ4n) is 1.87. The summed E-state index contributed by atoms with van der Waals surface area (Å²) < 4.78 is 1.58. The maximum Gasteiger partial charge on any atom is 0.260 e. The molecule has 2 aromatic rings. The van der Waals surface area contributed by atoms with Crippen LogP contribution in [0.3, 0.4) is 0 Å². The smallest absolute Gasteiger partial charge is 0.260 e. The number of benzene rings is 1. The number of nitrogens with zero attached hydrogens (tertiary/aromatic N) is 2. The number of halogens is 1. The first-order chi connectivity index (χ1) is 10.9. The zero-order valence-electron chi connectivity index (χ0n) is 12.8. The van der Waals surface area contributed by atoms with E-state index in [-0.39, 0.29) is 24.1 Å². The molecule has 23 heavy (non-hydrogen) atoms. The normalized spacial score (nSPS) is 10.4. The molecule has 0 atom stereocenters. The van der Waals surface area contributed by atoms with Crippen LogP contribution in [0.15, 0.2) is 35.2 Å². The number of nitrogens with one attached hydrogen (secondary N) is 2. The van der Waals surface area contributed by atoms with Crippen LogP contribution in [0, 0.1) is 13.8 Å². The van der Waals surface area contributed by atoms with Crippen LogP contribution in [-0.2, 0) is 16.1 Å². The van der Waals surface area contributed by atoms with E-state index in [0.717, 1.165) is 16.3 Å². The number of aryl methyl sites for hydroxylation is 2. The van der Waals surface area contributed by atoms with E-state index in [9.17, 15) is 9.59 Å². The molecule has 0 saturated carbocycles. The van der Waals surface area contributed by atoms with Crippen LogP contribution in [0.4, 0.5) is 0 Å². The van der Waals surface area contributed by atoms with Crippen molar-refractivity contribution in [1.82, 2.24) is 20.6 Å². The van der Waals surface area contributed by atoms with E-state index >= 15 is 0 Å². The van der Waals surface area contributed by atoms with E-state index < -0.39 is 0 Å². The van der Waals surface area contributed by atoms with Gasteiger partial charge in [-0.3, -0.25) is 25.1 Å². The minimum absolute atomic E-state index is 0.0598. The van der Waals surface area contributed by atoms with Gasteiger partial charge in [0.25, 0.3) is 5.91 Å². The van der Waals surface area contributed by atoms with Crippen LogP contribution in [-0.4, -0.2) is 27.3 Å². The third-order valence-electron chi connectivity index (χ3n) is 2.92. The minimum Gasteiger partial charge on any atom is -0.272 e. The zero-order chi connectivity index (χ0) is 16.8. The molecule has 2 rings (SSSR count). The van der Waals surface area contributed by atoms with Crippen LogP contribution in [0.5, 0.6) is 0 Å². The number of amides is 2. The van der Waals surface area contributed by atoms with Crippen molar-refractivity contribution in [3.8, 4) is 0 Å². The van der Waals surface area contributed by atoms with E-state index in [0.29, 0.717) is 5.02 Å². The molecule has 0 aliphatic heterocycles. The molecule has 0 bridgehead atoms. The number of carbonyl (C=O) groups is 2. The average Bonchev–Trinajstić information content (AvgIpc) is 2.82. The number of hydrogen-bond donors (Lipinski definition) is 2. The van der Waals surface area contributed by atoms with Gasteiger partial charge in [0.2, 0.25) is 5.91 Å². The number of aromatic nitrogens is 2. The van der Waals surface area contributed by atoms with Crippen LogP contribution in [0.1, 0.15) is 11.4 Å². The summed E-state index contributed by atoms with van der Waals surface area (Å²) in [7, 11) is 0. The van der Waals surface area contributed by atoms with Gasteiger partial charge in [0.05, 0.1) is 11.4 Å². The van der Waals surface area contributed by atoms with Crippen molar-refractivity contribution in [3.63, 3.8) is 0 Å². The van der Waals surface area contributed by atoms with E-state index in [4.69, 9.17) is 11.6 Å². The lowest BCUT2D eigenvalue weighted by Crippen LogP contribution is -2.44. The molecule has 1 aromatic carbocycles. The number of carbonyl (C=O) groups excluding carboxylic acids is 2. The Balaban J connectivity index is 1.72. The van der Waals surface area contributed by atoms with Crippen molar-refractivity contribution in [2.75, 3.05) is 5.75 Å². The lowest BCUT2D eigenvalue weighted by atomic mass is 10.4. The van der Waals surface area contributed by atoms with Crippen LogP contribution >= 0.6 is 23.4 Å². The molecular formula is C15H17ClN4O2S. The predicted molar refractivity (Wildman–Crippen MR) is 90.2 cm³/mol. The second kappa shape index (κ2) is 8.03. The fourth-order valence-corrected chi connectivity index (χ4v) is 2.69. The average molecular weight is 353 g/mol. The standard InChI is InChI=1S/C15H17ClN4O2S/c1-10-7-11(2)20(19-10)8-14(21)17-18-15(22)9-23-13-5-3-12(16)4-6-13/h3-7H,8-9H2,1-2H3,(H,17,21)(H,18,22). The van der Waals surface area contributed by atoms with Gasteiger partial charge < -0.3 is 0 Å². The molecule has 122 valence electrons. The van der Waals surface area contributed by atoms with Crippen LogP contribution in [0.25, 0.3) is 0 Å². The maximum atomic E-state index is 11.8. The lowest BCUT2D eigenvalue weighted by molar-refractivity contribution is -0.128. The summed E-state index contributed by atoms with van der Waals surface area (Å²) in [4.78, 5) is 24.4. The first-order valence-electron chi connectivity index (χ1n) is 6.91. The Kier molecular flexibility index (Phi) is 6.06. The molecular weight excluding hydrogens is 336 g/mol. The van der Waals surface area contributed by atoms with E-state index in [1.165, 1.54) is 11.8 Å². The molecule has 6 nitrogen and oxygen atoms in total. The third kappa shape index (κ3) is 5.61. The minimum atomic E-state index is -0.332. The molecule has 0 radical (unpaired) electrons. The number of rotatable bonds is 5. The van der Waals surface area contributed by atoms with Crippen LogP contribution in [0.2, 0.25) is 5.02 Å². The summed E-state index contributed by atoms with van der Waals surface area (Å²) >= 11 is 7.15. The molecule has 1 aromatic heterocycles. The van der Waals surface area contributed by atoms with Crippen molar-refractivity contribution < 1.29 is 9.59 Å². The van der Waals surface area contributed by atoms with Gasteiger partial charge in [-0.05, 0) is 44.2 Å². The van der Waals surface area contributed by atoms with Gasteiger partial charge in [0.15, 0.2) is 0 Å².